The number of furan rings is 1. The molecule has 1 unspecified atom stereocenters. The van der Waals surface area contributed by atoms with Crippen LogP contribution >= 0.6 is 11.3 Å². The number of hydrogen-bond donors (Lipinski definition) is 1. The second kappa shape index (κ2) is 4.55. The van der Waals surface area contributed by atoms with Crippen molar-refractivity contribution in [3.63, 3.8) is 0 Å². The molecule has 0 spiro atoms. The second-order valence-electron chi connectivity index (χ2n) is 4.11. The van der Waals surface area contributed by atoms with Gasteiger partial charge in [0.15, 0.2) is 0 Å². The molecule has 0 saturated carbocycles. The van der Waals surface area contributed by atoms with Gasteiger partial charge in [0.2, 0.25) is 0 Å². The van der Waals surface area contributed by atoms with Gasteiger partial charge in [-0.25, -0.2) is 4.39 Å². The Morgan fingerprint density at radius 3 is 2.89 bits per heavy atom. The van der Waals surface area contributed by atoms with Gasteiger partial charge in [-0.3, -0.25) is 0 Å². The molecule has 0 fully saturated rings. The molecule has 0 aliphatic heterocycles. The Balaban J connectivity index is 2.07. The van der Waals surface area contributed by atoms with Crippen LogP contribution in [0.4, 0.5) is 4.39 Å². The molecular formula is C14H12FNOS. The van der Waals surface area contributed by atoms with Crippen LogP contribution in [-0.2, 0) is 0 Å². The first-order chi connectivity index (χ1) is 8.78. The zero-order valence-corrected chi connectivity index (χ0v) is 10.6. The van der Waals surface area contributed by atoms with Crippen LogP contribution in [0.1, 0.15) is 16.5 Å². The molecule has 0 saturated heterocycles. The van der Waals surface area contributed by atoms with E-state index in [-0.39, 0.29) is 11.9 Å². The summed E-state index contributed by atoms with van der Waals surface area (Å²) in [4.78, 5) is 1.15. The van der Waals surface area contributed by atoms with Crippen molar-refractivity contribution in [2.45, 2.75) is 6.04 Å². The van der Waals surface area contributed by atoms with Crippen molar-refractivity contribution in [2.24, 2.45) is 0 Å². The number of hydrogen-bond acceptors (Lipinski definition) is 3. The molecule has 0 bridgehead atoms. The maximum atomic E-state index is 13.2. The smallest absolute Gasteiger partial charge is 0.123 e. The van der Waals surface area contributed by atoms with Crippen LogP contribution in [0.15, 0.2) is 47.3 Å². The predicted molar refractivity (Wildman–Crippen MR) is 71.4 cm³/mol. The van der Waals surface area contributed by atoms with Crippen LogP contribution in [0.2, 0.25) is 0 Å². The van der Waals surface area contributed by atoms with E-state index in [4.69, 9.17) is 4.42 Å². The third-order valence-electron chi connectivity index (χ3n) is 2.95. The number of fused-ring (bicyclic) bond motifs is 1. The minimum atomic E-state index is -0.198. The Hall–Kier alpha value is -1.65. The van der Waals surface area contributed by atoms with Crippen molar-refractivity contribution in [2.75, 3.05) is 7.05 Å². The van der Waals surface area contributed by atoms with E-state index >= 15 is 0 Å². The zero-order chi connectivity index (χ0) is 12.5. The molecule has 0 amide bonds. The summed E-state index contributed by atoms with van der Waals surface area (Å²) < 4.78 is 19.4. The zero-order valence-electron chi connectivity index (χ0n) is 9.81. The molecule has 2 aromatic heterocycles. The molecule has 0 radical (unpaired) electrons. The quantitative estimate of drug-likeness (QED) is 0.772. The highest BCUT2D eigenvalue weighted by atomic mass is 32.1. The van der Waals surface area contributed by atoms with Gasteiger partial charge in [-0.05, 0) is 42.8 Å². The number of halogens is 1. The summed E-state index contributed by atoms with van der Waals surface area (Å²) in [6.45, 7) is 0. The lowest BCUT2D eigenvalue weighted by Crippen LogP contribution is -2.15. The Bertz CT molecular complexity index is 660. The molecule has 2 nitrogen and oxygen atoms in total. The molecule has 92 valence electrons. The molecule has 3 rings (SSSR count). The maximum Gasteiger partial charge on any atom is 0.123 e. The minimum absolute atomic E-state index is 0.0872. The molecule has 18 heavy (non-hydrogen) atoms. The summed E-state index contributed by atoms with van der Waals surface area (Å²) >= 11 is 1.67. The van der Waals surface area contributed by atoms with Crippen LogP contribution in [0.3, 0.4) is 0 Å². The van der Waals surface area contributed by atoms with E-state index < -0.39 is 0 Å². The van der Waals surface area contributed by atoms with Gasteiger partial charge in [0.1, 0.15) is 5.82 Å². The lowest BCUT2D eigenvalue weighted by Gasteiger charge is -2.11. The maximum absolute atomic E-state index is 13.2. The summed E-state index contributed by atoms with van der Waals surface area (Å²) in [5.74, 6) is -0.198. The summed E-state index contributed by atoms with van der Waals surface area (Å²) in [5.41, 5.74) is 1.07. The van der Waals surface area contributed by atoms with E-state index in [1.807, 2.05) is 25.2 Å². The highest BCUT2D eigenvalue weighted by molar-refractivity contribution is 7.19. The van der Waals surface area contributed by atoms with Crippen molar-refractivity contribution < 1.29 is 8.81 Å². The van der Waals surface area contributed by atoms with E-state index in [0.29, 0.717) is 0 Å². The summed E-state index contributed by atoms with van der Waals surface area (Å²) in [6.07, 6.45) is 3.39. The SMILES string of the molecule is CNC(c1ccoc1)c1cc2cc(F)ccc2s1. The van der Waals surface area contributed by atoms with Crippen molar-refractivity contribution >= 4 is 21.4 Å². The normalized spacial score (nSPS) is 13.0. The Labute approximate surface area is 108 Å². The summed E-state index contributed by atoms with van der Waals surface area (Å²) in [7, 11) is 1.91. The molecule has 1 aromatic carbocycles. The molecule has 0 aliphatic carbocycles. The third kappa shape index (κ3) is 1.94. The topological polar surface area (TPSA) is 25.2 Å². The van der Waals surface area contributed by atoms with Crippen LogP contribution in [0, 0.1) is 5.82 Å². The summed E-state index contributed by atoms with van der Waals surface area (Å²) in [5, 5.41) is 4.20. The van der Waals surface area contributed by atoms with Gasteiger partial charge in [0, 0.05) is 15.1 Å². The van der Waals surface area contributed by atoms with Gasteiger partial charge in [0.05, 0.1) is 18.6 Å². The first-order valence-electron chi connectivity index (χ1n) is 5.66. The average Bonchev–Trinajstić information content (AvgIpc) is 2.98. The van der Waals surface area contributed by atoms with E-state index in [9.17, 15) is 4.39 Å². The van der Waals surface area contributed by atoms with Gasteiger partial charge in [-0.15, -0.1) is 11.3 Å². The number of benzene rings is 1. The highest BCUT2D eigenvalue weighted by Gasteiger charge is 2.16. The molecule has 1 atom stereocenters. The second-order valence-corrected chi connectivity index (χ2v) is 5.22. The third-order valence-corrected chi connectivity index (χ3v) is 4.13. The number of thiophene rings is 1. The predicted octanol–water partition coefficient (Wildman–Crippen LogP) is 3.94. The minimum Gasteiger partial charge on any atom is -0.472 e. The average molecular weight is 261 g/mol. The molecule has 1 N–H and O–H groups in total. The fourth-order valence-corrected chi connectivity index (χ4v) is 3.27. The number of nitrogens with one attached hydrogen (secondary N) is 1. The van der Waals surface area contributed by atoms with Crippen molar-refractivity contribution in [3.8, 4) is 0 Å². The van der Waals surface area contributed by atoms with E-state index in [0.717, 1.165) is 20.5 Å². The van der Waals surface area contributed by atoms with Crippen molar-refractivity contribution in [1.29, 1.82) is 0 Å². The van der Waals surface area contributed by atoms with Gasteiger partial charge in [-0.1, -0.05) is 0 Å². The largest absolute Gasteiger partial charge is 0.472 e. The Morgan fingerprint density at radius 2 is 2.17 bits per heavy atom. The van der Waals surface area contributed by atoms with Gasteiger partial charge >= 0.3 is 0 Å². The van der Waals surface area contributed by atoms with Crippen LogP contribution in [-0.4, -0.2) is 7.05 Å². The van der Waals surface area contributed by atoms with Crippen molar-refractivity contribution in [3.05, 3.63) is 59.1 Å². The van der Waals surface area contributed by atoms with Crippen LogP contribution in [0.25, 0.3) is 10.1 Å². The standard InChI is InChI=1S/C14H12FNOS/c1-16-14(9-4-5-17-8-9)13-7-10-6-11(15)2-3-12(10)18-13/h2-8,14,16H,1H3. The van der Waals surface area contributed by atoms with Gasteiger partial charge in [-0.2, -0.15) is 0 Å². The van der Waals surface area contributed by atoms with Crippen molar-refractivity contribution in [1.82, 2.24) is 5.32 Å². The van der Waals surface area contributed by atoms with Gasteiger partial charge < -0.3 is 9.73 Å². The molecule has 3 aromatic rings. The molecular weight excluding hydrogens is 249 g/mol. The van der Waals surface area contributed by atoms with Gasteiger partial charge in [0.25, 0.3) is 0 Å². The monoisotopic (exact) mass is 261 g/mol. The van der Waals surface area contributed by atoms with E-state index in [1.165, 1.54) is 6.07 Å². The molecule has 4 heteroatoms. The van der Waals surface area contributed by atoms with E-state index in [1.54, 1.807) is 29.9 Å². The lowest BCUT2D eigenvalue weighted by molar-refractivity contribution is 0.558. The fourth-order valence-electron chi connectivity index (χ4n) is 2.09. The van der Waals surface area contributed by atoms with E-state index in [2.05, 4.69) is 5.32 Å². The Kier molecular flexibility index (Phi) is 2.89. The highest BCUT2D eigenvalue weighted by Crippen LogP contribution is 2.33. The molecule has 2 heterocycles. The number of rotatable bonds is 3. The molecule has 0 aliphatic rings. The Morgan fingerprint density at radius 1 is 1.28 bits per heavy atom. The first-order valence-corrected chi connectivity index (χ1v) is 6.48. The lowest BCUT2D eigenvalue weighted by atomic mass is 10.1. The van der Waals surface area contributed by atoms with Crippen LogP contribution in [0.5, 0.6) is 0 Å². The summed E-state index contributed by atoms with van der Waals surface area (Å²) in [6, 6.07) is 8.93. The fraction of sp³-hybridized carbons (Fsp3) is 0.143. The first kappa shape index (κ1) is 11.4. The van der Waals surface area contributed by atoms with Crippen LogP contribution < -0.4 is 5.32 Å².